The molecule has 9 nitrogen and oxygen atoms in total. The Morgan fingerprint density at radius 1 is 0.902 bits per heavy atom. The number of aromatic nitrogens is 2. The van der Waals surface area contributed by atoms with Crippen molar-refractivity contribution in [3.05, 3.63) is 104 Å². The minimum absolute atomic E-state index is 0. The van der Waals surface area contributed by atoms with Crippen LogP contribution in [0.5, 0.6) is 11.5 Å². The third-order valence-corrected chi connectivity index (χ3v) is 6.98. The molecule has 5 rings (SSSR count). The normalized spacial score (nSPS) is 12.8. The summed E-state index contributed by atoms with van der Waals surface area (Å²) >= 11 is 0. The summed E-state index contributed by atoms with van der Waals surface area (Å²) in [4.78, 5) is 39.6. The fraction of sp³-hybridized carbons (Fsp3) is 0.323. The van der Waals surface area contributed by atoms with Crippen LogP contribution in [0.4, 0.5) is 0 Å². The molecule has 1 aliphatic heterocycles. The molecule has 208 valence electrons. The predicted octanol–water partition coefficient (Wildman–Crippen LogP) is 1.07. The third-order valence-electron chi connectivity index (χ3n) is 6.98. The average molecular weight is 566 g/mol. The van der Waals surface area contributed by atoms with E-state index in [0.717, 1.165) is 64.2 Å². The second kappa shape index (κ2) is 13.9. The van der Waals surface area contributed by atoms with Crippen LogP contribution in [0.25, 0.3) is 11.1 Å². The van der Waals surface area contributed by atoms with Crippen LogP contribution in [0.15, 0.2) is 74.8 Å². The third kappa shape index (κ3) is 7.81. The molecule has 10 heteroatoms. The van der Waals surface area contributed by atoms with Gasteiger partial charge in [0.15, 0.2) is 5.69 Å². The van der Waals surface area contributed by atoms with Crippen LogP contribution in [-0.4, -0.2) is 35.2 Å². The second-order valence-corrected chi connectivity index (χ2v) is 10.0. The minimum Gasteiger partial charge on any atom is -0.494 e. The average Bonchev–Trinajstić information content (AvgIpc) is 3.48. The molecule has 0 atom stereocenters. The van der Waals surface area contributed by atoms with Crippen LogP contribution in [0.2, 0.25) is 0 Å². The number of aryl methyl sites for hydroxylation is 2. The smallest absolute Gasteiger partial charge is 0.494 e. The summed E-state index contributed by atoms with van der Waals surface area (Å²) in [5, 5.41) is 0. The van der Waals surface area contributed by atoms with Crippen molar-refractivity contribution in [2.75, 3.05) is 19.7 Å². The zero-order chi connectivity index (χ0) is 28.1. The van der Waals surface area contributed by atoms with Gasteiger partial charge in [-0.2, -0.15) is 0 Å². The van der Waals surface area contributed by atoms with E-state index < -0.39 is 11.4 Å². The zero-order valence-corrected chi connectivity index (χ0v) is 25.7. The van der Waals surface area contributed by atoms with E-state index in [0.29, 0.717) is 25.4 Å². The van der Waals surface area contributed by atoms with E-state index in [4.69, 9.17) is 14.0 Å². The molecule has 1 aromatic heterocycles. The first-order valence-corrected chi connectivity index (χ1v) is 13.4. The number of carbonyl (C=O) groups excluding carboxylic acids is 1. The number of benzene rings is 3. The molecule has 1 fully saturated rings. The Morgan fingerprint density at radius 3 is 2.32 bits per heavy atom. The van der Waals surface area contributed by atoms with E-state index in [9.17, 15) is 14.4 Å². The summed E-state index contributed by atoms with van der Waals surface area (Å²) in [6.45, 7) is 6.89. The van der Waals surface area contributed by atoms with E-state index in [-0.39, 0.29) is 42.0 Å². The molecule has 1 aliphatic rings. The van der Waals surface area contributed by atoms with Gasteiger partial charge in [-0.25, -0.2) is 4.79 Å². The van der Waals surface area contributed by atoms with Crippen molar-refractivity contribution in [3.8, 4) is 22.6 Å². The van der Waals surface area contributed by atoms with Crippen LogP contribution in [0.1, 0.15) is 41.5 Å². The van der Waals surface area contributed by atoms with Gasteiger partial charge in [-0.05, 0) is 90.4 Å². The Kier molecular flexibility index (Phi) is 10.3. The van der Waals surface area contributed by atoms with E-state index in [2.05, 4.69) is 43.1 Å². The van der Waals surface area contributed by atoms with Gasteiger partial charge in [-0.1, -0.05) is 30.3 Å². The molecule has 0 radical (unpaired) electrons. The topological polar surface area (TPSA) is 105 Å². The predicted molar refractivity (Wildman–Crippen MR) is 150 cm³/mol. The second-order valence-electron chi connectivity index (χ2n) is 10.0. The monoisotopic (exact) mass is 565 g/mol. The molecule has 0 aliphatic carbocycles. The van der Waals surface area contributed by atoms with Crippen LogP contribution in [-0.2, 0) is 17.9 Å². The van der Waals surface area contributed by atoms with Crippen molar-refractivity contribution in [3.63, 3.8) is 0 Å². The first-order valence-electron chi connectivity index (χ1n) is 13.4. The standard InChI is InChI=1S/C31H33N3O6.Na/c1-21-16-27(38-15-5-14-33-13-4-8-28(33)35)17-22(2)29(21)25-7-3-6-24(18-25)20-39-26-11-9-23(10-12-26)19-34-30(36)32-31(37)40-34;/h3,6-7,9-12,16-18H,4-5,8,13-15,19-20H2,1-2H3,(H,32,36,37);/q;+1/p-1. The summed E-state index contributed by atoms with van der Waals surface area (Å²) in [5.41, 5.74) is 5.66. The molecule has 0 saturated carbocycles. The number of hydrogen-bond donors (Lipinski definition) is 0. The molecule has 41 heavy (non-hydrogen) atoms. The van der Waals surface area contributed by atoms with Crippen molar-refractivity contribution in [1.82, 2.24) is 14.6 Å². The molecule has 2 heterocycles. The maximum absolute atomic E-state index is 11.8. The zero-order valence-electron chi connectivity index (χ0n) is 23.7. The Labute approximate surface area is 260 Å². The van der Waals surface area contributed by atoms with E-state index in [1.54, 1.807) is 0 Å². The molecule has 1 amide bonds. The molecular weight excluding hydrogens is 533 g/mol. The van der Waals surface area contributed by atoms with Crippen molar-refractivity contribution >= 4 is 5.91 Å². The molecule has 0 spiro atoms. The van der Waals surface area contributed by atoms with Crippen molar-refractivity contribution < 1.29 is 48.3 Å². The van der Waals surface area contributed by atoms with E-state index in [1.165, 1.54) is 5.56 Å². The number of amides is 1. The Bertz CT molecular complexity index is 1580. The number of carbonyl (C=O) groups is 1. The van der Waals surface area contributed by atoms with Gasteiger partial charge in [0.25, 0.3) is 0 Å². The van der Waals surface area contributed by atoms with E-state index in [1.807, 2.05) is 41.3 Å². The maximum atomic E-state index is 11.8. The number of likely N-dealkylation sites (tertiary alicyclic amines) is 1. The van der Waals surface area contributed by atoms with Crippen molar-refractivity contribution in [1.29, 1.82) is 0 Å². The van der Waals surface area contributed by atoms with Gasteiger partial charge in [0.1, 0.15) is 18.1 Å². The maximum Gasteiger partial charge on any atom is 1.00 e. The first kappa shape index (κ1) is 30.4. The van der Waals surface area contributed by atoms with Crippen LogP contribution < -0.4 is 55.5 Å². The van der Waals surface area contributed by atoms with Crippen LogP contribution >= 0.6 is 0 Å². The minimum atomic E-state index is -0.898. The molecule has 0 unspecified atom stereocenters. The van der Waals surface area contributed by atoms with Gasteiger partial charge in [-0.3, -0.25) is 14.3 Å². The van der Waals surface area contributed by atoms with Crippen LogP contribution in [0, 0.1) is 13.8 Å². The SMILES string of the molecule is Cc1cc(OCCCN2CCCC2=O)cc(C)c1-c1cccc(COc2ccc(Cn3oc(=O)[n-]c3=O)cc2)c1.[Na+]. The number of hydrogen-bond acceptors (Lipinski definition) is 6. The van der Waals surface area contributed by atoms with E-state index >= 15 is 0 Å². The number of nitrogens with zero attached hydrogens (tertiary/aromatic N) is 3. The molecule has 0 N–H and O–H groups in total. The molecule has 0 bridgehead atoms. The molecule has 4 aromatic rings. The Balaban J connectivity index is 0.00000387. The fourth-order valence-corrected chi connectivity index (χ4v) is 5.08. The first-order chi connectivity index (χ1) is 19.4. The number of ether oxygens (including phenoxy) is 2. The van der Waals surface area contributed by atoms with Crippen LogP contribution in [0.3, 0.4) is 0 Å². The van der Waals surface area contributed by atoms with Gasteiger partial charge < -0.3 is 23.9 Å². The summed E-state index contributed by atoms with van der Waals surface area (Å²) in [6.07, 6.45) is 2.45. The fourth-order valence-electron chi connectivity index (χ4n) is 5.08. The van der Waals surface area contributed by atoms with Crippen molar-refractivity contribution in [2.45, 2.75) is 46.3 Å². The Hall–Kier alpha value is -3.53. The largest absolute Gasteiger partial charge is 1.00 e. The molecular formula is C31H32N3NaO6. The Morgan fingerprint density at radius 2 is 1.66 bits per heavy atom. The van der Waals surface area contributed by atoms with Gasteiger partial charge in [0.2, 0.25) is 5.91 Å². The molecule has 3 aromatic carbocycles. The van der Waals surface area contributed by atoms with Gasteiger partial charge >= 0.3 is 35.3 Å². The summed E-state index contributed by atoms with van der Waals surface area (Å²) in [6, 6.07) is 19.7. The van der Waals surface area contributed by atoms with Crippen molar-refractivity contribution in [2.24, 2.45) is 0 Å². The molecule has 1 saturated heterocycles. The summed E-state index contributed by atoms with van der Waals surface area (Å²) in [5.74, 6) is 0.882. The number of rotatable bonds is 11. The quantitative estimate of drug-likeness (QED) is 0.198. The van der Waals surface area contributed by atoms with Gasteiger partial charge in [0.05, 0.1) is 6.61 Å². The summed E-state index contributed by atoms with van der Waals surface area (Å²) < 4.78 is 17.7. The summed E-state index contributed by atoms with van der Waals surface area (Å²) in [7, 11) is 0. The van der Waals surface area contributed by atoms with Gasteiger partial charge in [-0.15, -0.1) is 0 Å². The van der Waals surface area contributed by atoms with Gasteiger partial charge in [0, 0.05) is 26.1 Å².